The van der Waals surface area contributed by atoms with Crippen molar-refractivity contribution in [1.82, 2.24) is 19.8 Å². The van der Waals surface area contributed by atoms with E-state index in [0.717, 1.165) is 62.1 Å². The SMILES string of the molecule is CCc1nc2ccccc2n1CC(=O)NC[C@@]1(c2ccccc2)CC[C@H](O)[C@@H](N2CCCC2)CC1. The number of carbonyl (C=O) groups is 1. The van der Waals surface area contributed by atoms with Gasteiger partial charge in [0.1, 0.15) is 12.4 Å². The molecule has 1 saturated heterocycles. The van der Waals surface area contributed by atoms with Gasteiger partial charge in [0, 0.05) is 24.4 Å². The zero-order chi connectivity index (χ0) is 24.3. The van der Waals surface area contributed by atoms with Gasteiger partial charge in [0.25, 0.3) is 0 Å². The summed E-state index contributed by atoms with van der Waals surface area (Å²) in [6.07, 6.45) is 6.49. The topological polar surface area (TPSA) is 70.4 Å². The molecule has 1 aromatic heterocycles. The lowest BCUT2D eigenvalue weighted by Gasteiger charge is -2.34. The predicted octanol–water partition coefficient (Wildman–Crippen LogP) is 4.05. The first-order valence-corrected chi connectivity index (χ1v) is 13.3. The first kappa shape index (κ1) is 24.0. The molecule has 6 heteroatoms. The second-order valence-corrected chi connectivity index (χ2v) is 10.3. The van der Waals surface area contributed by atoms with Crippen LogP contribution in [0.3, 0.4) is 0 Å². The van der Waals surface area contributed by atoms with Gasteiger partial charge in [-0.1, -0.05) is 49.4 Å². The average Bonchev–Trinajstić information content (AvgIpc) is 3.50. The number of aliphatic hydroxyl groups excluding tert-OH is 1. The van der Waals surface area contributed by atoms with Gasteiger partial charge in [0.2, 0.25) is 5.91 Å². The van der Waals surface area contributed by atoms with Gasteiger partial charge in [0.05, 0.1) is 17.1 Å². The number of nitrogens with zero attached hydrogens (tertiary/aromatic N) is 3. The number of benzene rings is 2. The van der Waals surface area contributed by atoms with Crippen molar-refractivity contribution in [1.29, 1.82) is 0 Å². The fourth-order valence-corrected chi connectivity index (χ4v) is 6.26. The standard InChI is InChI=1S/C29H38N4O2/c1-2-27-31-23-12-6-7-13-24(23)33(27)20-28(35)30-21-29(22-10-4-3-5-11-22)16-14-25(26(34)15-17-29)32-18-8-9-19-32/h3-7,10-13,25-26,34H,2,8-9,14-21H2,1H3,(H,30,35)/t25-,26-,29-/m0/s1. The minimum absolute atomic E-state index is 0.0130. The second kappa shape index (κ2) is 10.5. The molecule has 2 N–H and O–H groups in total. The van der Waals surface area contributed by atoms with E-state index in [4.69, 9.17) is 4.98 Å². The molecule has 35 heavy (non-hydrogen) atoms. The van der Waals surface area contributed by atoms with E-state index in [1.807, 2.05) is 34.9 Å². The van der Waals surface area contributed by atoms with Crippen molar-refractivity contribution in [2.24, 2.45) is 0 Å². The van der Waals surface area contributed by atoms with Crippen molar-refractivity contribution in [2.75, 3.05) is 19.6 Å². The van der Waals surface area contributed by atoms with Gasteiger partial charge in [-0.15, -0.1) is 0 Å². The van der Waals surface area contributed by atoms with Gasteiger partial charge in [-0.2, -0.15) is 0 Å². The van der Waals surface area contributed by atoms with Crippen LogP contribution in [0.15, 0.2) is 54.6 Å². The molecule has 1 aliphatic heterocycles. The Bertz CT molecular complexity index is 1140. The molecule has 2 aliphatic rings. The molecule has 6 nitrogen and oxygen atoms in total. The quantitative estimate of drug-likeness (QED) is 0.507. The summed E-state index contributed by atoms with van der Waals surface area (Å²) in [7, 11) is 0. The van der Waals surface area contributed by atoms with Crippen LogP contribution in [0.5, 0.6) is 0 Å². The highest BCUT2D eigenvalue weighted by Crippen LogP contribution is 2.39. The number of hydrogen-bond donors (Lipinski definition) is 2. The molecule has 0 unspecified atom stereocenters. The first-order chi connectivity index (χ1) is 17.1. The third-order valence-electron chi connectivity index (χ3n) is 8.25. The molecular weight excluding hydrogens is 436 g/mol. The van der Waals surface area contributed by atoms with Crippen LogP contribution in [0.25, 0.3) is 11.0 Å². The van der Waals surface area contributed by atoms with Gasteiger partial charge in [-0.25, -0.2) is 4.98 Å². The Morgan fingerprint density at radius 3 is 2.54 bits per heavy atom. The smallest absolute Gasteiger partial charge is 0.240 e. The number of hydrogen-bond acceptors (Lipinski definition) is 4. The monoisotopic (exact) mass is 474 g/mol. The highest BCUT2D eigenvalue weighted by Gasteiger charge is 2.40. The summed E-state index contributed by atoms with van der Waals surface area (Å²) in [6.45, 7) is 5.12. The lowest BCUT2D eigenvalue weighted by Crippen LogP contribution is -2.42. The van der Waals surface area contributed by atoms with Crippen LogP contribution >= 0.6 is 0 Å². The Balaban J connectivity index is 1.34. The van der Waals surface area contributed by atoms with E-state index in [-0.39, 0.29) is 30.0 Å². The maximum atomic E-state index is 13.2. The molecule has 1 amide bonds. The number of rotatable bonds is 7. The third kappa shape index (κ3) is 5.00. The van der Waals surface area contributed by atoms with Crippen LogP contribution in [0.2, 0.25) is 0 Å². The van der Waals surface area contributed by atoms with Crippen LogP contribution < -0.4 is 5.32 Å². The Morgan fingerprint density at radius 2 is 1.77 bits per heavy atom. The number of nitrogens with one attached hydrogen (secondary N) is 1. The number of carbonyl (C=O) groups excluding carboxylic acids is 1. The zero-order valence-electron chi connectivity index (χ0n) is 20.8. The summed E-state index contributed by atoms with van der Waals surface area (Å²) in [4.78, 5) is 20.4. The number of para-hydroxylation sites is 2. The molecular formula is C29H38N4O2. The number of likely N-dealkylation sites (tertiary alicyclic amines) is 1. The summed E-state index contributed by atoms with van der Waals surface area (Å²) < 4.78 is 2.04. The minimum Gasteiger partial charge on any atom is -0.391 e. The van der Waals surface area contributed by atoms with Gasteiger partial charge in [-0.05, 0) is 69.3 Å². The fourth-order valence-electron chi connectivity index (χ4n) is 6.26. The average molecular weight is 475 g/mol. The second-order valence-electron chi connectivity index (χ2n) is 10.3. The van der Waals surface area contributed by atoms with Crippen molar-refractivity contribution < 1.29 is 9.90 Å². The van der Waals surface area contributed by atoms with Gasteiger partial charge in [-0.3, -0.25) is 9.69 Å². The molecule has 0 bridgehead atoms. The molecule has 2 heterocycles. The Labute approximate surface area is 208 Å². The summed E-state index contributed by atoms with van der Waals surface area (Å²) in [5.74, 6) is 0.948. The number of aliphatic hydroxyl groups is 1. The molecule has 1 aliphatic carbocycles. The van der Waals surface area contributed by atoms with E-state index in [2.05, 4.69) is 41.4 Å². The largest absolute Gasteiger partial charge is 0.391 e. The van der Waals surface area contributed by atoms with Gasteiger partial charge < -0.3 is 15.0 Å². The summed E-state index contributed by atoms with van der Waals surface area (Å²) >= 11 is 0. The third-order valence-corrected chi connectivity index (χ3v) is 8.25. The molecule has 0 spiro atoms. The van der Waals surface area contributed by atoms with Crippen molar-refractivity contribution in [3.05, 3.63) is 66.0 Å². The molecule has 5 rings (SSSR count). The maximum absolute atomic E-state index is 13.2. The van der Waals surface area contributed by atoms with E-state index in [9.17, 15) is 9.90 Å². The molecule has 2 aromatic carbocycles. The van der Waals surface area contributed by atoms with Crippen LogP contribution in [0.4, 0.5) is 0 Å². The summed E-state index contributed by atoms with van der Waals surface area (Å²) in [5.41, 5.74) is 3.03. The first-order valence-electron chi connectivity index (χ1n) is 13.3. The van der Waals surface area contributed by atoms with E-state index in [1.165, 1.54) is 18.4 Å². The molecule has 0 radical (unpaired) electrons. The fraction of sp³-hybridized carbons (Fsp3) is 0.517. The number of fused-ring (bicyclic) bond motifs is 1. The van der Waals surface area contributed by atoms with Crippen molar-refractivity contribution >= 4 is 16.9 Å². The van der Waals surface area contributed by atoms with Gasteiger partial charge in [0.15, 0.2) is 0 Å². The van der Waals surface area contributed by atoms with Crippen LogP contribution in [-0.4, -0.2) is 57.2 Å². The molecule has 3 aromatic rings. The number of amides is 1. The van der Waals surface area contributed by atoms with Crippen molar-refractivity contribution in [3.8, 4) is 0 Å². The Morgan fingerprint density at radius 1 is 1.06 bits per heavy atom. The summed E-state index contributed by atoms with van der Waals surface area (Å²) in [5, 5.41) is 14.3. The molecule has 2 fully saturated rings. The summed E-state index contributed by atoms with van der Waals surface area (Å²) in [6, 6.07) is 18.8. The van der Waals surface area contributed by atoms with E-state index in [1.54, 1.807) is 0 Å². The van der Waals surface area contributed by atoms with Crippen molar-refractivity contribution in [2.45, 2.75) is 76.0 Å². The lowest BCUT2D eigenvalue weighted by atomic mass is 9.74. The number of aryl methyl sites for hydroxylation is 1. The molecule has 3 atom stereocenters. The highest BCUT2D eigenvalue weighted by molar-refractivity contribution is 5.81. The van der Waals surface area contributed by atoms with Crippen LogP contribution in [-0.2, 0) is 23.2 Å². The predicted molar refractivity (Wildman–Crippen MR) is 139 cm³/mol. The van der Waals surface area contributed by atoms with E-state index >= 15 is 0 Å². The van der Waals surface area contributed by atoms with Crippen molar-refractivity contribution in [3.63, 3.8) is 0 Å². The number of aromatic nitrogens is 2. The normalized spacial score (nSPS) is 25.5. The Hall–Kier alpha value is -2.70. The lowest BCUT2D eigenvalue weighted by molar-refractivity contribution is -0.121. The molecule has 186 valence electrons. The minimum atomic E-state index is -0.307. The Kier molecular flexibility index (Phi) is 7.21. The highest BCUT2D eigenvalue weighted by atomic mass is 16.3. The van der Waals surface area contributed by atoms with E-state index in [0.29, 0.717) is 6.54 Å². The zero-order valence-corrected chi connectivity index (χ0v) is 20.8. The van der Waals surface area contributed by atoms with E-state index < -0.39 is 0 Å². The maximum Gasteiger partial charge on any atom is 0.240 e. The van der Waals surface area contributed by atoms with Crippen LogP contribution in [0.1, 0.15) is 56.8 Å². The van der Waals surface area contributed by atoms with Crippen LogP contribution in [0, 0.1) is 0 Å². The molecule has 1 saturated carbocycles. The van der Waals surface area contributed by atoms with Gasteiger partial charge >= 0.3 is 0 Å². The number of imidazole rings is 1.